The normalized spacial score (nSPS) is 11.6. The highest BCUT2D eigenvalue weighted by Gasteiger charge is 2.07. The molecule has 0 aliphatic carbocycles. The van der Waals surface area contributed by atoms with Crippen molar-refractivity contribution in [2.24, 2.45) is 4.99 Å². The molecule has 0 unspecified atom stereocenters. The minimum absolute atomic E-state index is 0.199. The van der Waals surface area contributed by atoms with Gasteiger partial charge in [0.25, 0.3) is 5.91 Å². The zero-order valence-electron chi connectivity index (χ0n) is 10.9. The van der Waals surface area contributed by atoms with Crippen molar-refractivity contribution >= 4 is 11.7 Å². The first-order valence-corrected chi connectivity index (χ1v) is 5.80. The minimum atomic E-state index is -0.199. The standard InChI is InChI=1S/C14H18N2O2/c1-4-5-9-13(15-2)16-14(17)11-7-6-8-12(10-11)18-3/h5-10H,4H2,1-3H3,(H,15,16,17)/b9-5-. The van der Waals surface area contributed by atoms with Gasteiger partial charge in [0, 0.05) is 12.6 Å². The molecular formula is C14H18N2O2. The van der Waals surface area contributed by atoms with Gasteiger partial charge in [-0.1, -0.05) is 19.1 Å². The van der Waals surface area contributed by atoms with Gasteiger partial charge in [0.05, 0.1) is 7.11 Å². The lowest BCUT2D eigenvalue weighted by atomic mass is 10.2. The molecule has 0 saturated carbocycles. The van der Waals surface area contributed by atoms with Crippen LogP contribution in [-0.4, -0.2) is 25.9 Å². The Kier molecular flexibility index (Phi) is 5.64. The van der Waals surface area contributed by atoms with Gasteiger partial charge >= 0.3 is 0 Å². The molecule has 0 atom stereocenters. The number of hydrogen-bond acceptors (Lipinski definition) is 3. The van der Waals surface area contributed by atoms with Gasteiger partial charge in [-0.3, -0.25) is 9.79 Å². The van der Waals surface area contributed by atoms with Crippen LogP contribution in [-0.2, 0) is 0 Å². The number of hydrogen-bond donors (Lipinski definition) is 1. The molecule has 0 fully saturated rings. The molecule has 18 heavy (non-hydrogen) atoms. The molecule has 0 aliphatic rings. The summed E-state index contributed by atoms with van der Waals surface area (Å²) in [7, 11) is 3.21. The van der Waals surface area contributed by atoms with Crippen molar-refractivity contribution in [3.05, 3.63) is 42.0 Å². The predicted octanol–water partition coefficient (Wildman–Crippen LogP) is 2.42. The fourth-order valence-electron chi connectivity index (χ4n) is 1.35. The summed E-state index contributed by atoms with van der Waals surface area (Å²) in [6.45, 7) is 2.02. The molecule has 1 aromatic carbocycles. The van der Waals surface area contributed by atoms with Crippen LogP contribution in [0.15, 0.2) is 41.4 Å². The third-order valence-corrected chi connectivity index (χ3v) is 2.33. The molecule has 0 saturated heterocycles. The summed E-state index contributed by atoms with van der Waals surface area (Å²) >= 11 is 0. The van der Waals surface area contributed by atoms with Gasteiger partial charge in [-0.25, -0.2) is 0 Å². The number of carbonyl (C=O) groups is 1. The van der Waals surface area contributed by atoms with Crippen molar-refractivity contribution in [3.8, 4) is 5.75 Å². The Hall–Kier alpha value is -2.10. The van der Waals surface area contributed by atoms with Crippen molar-refractivity contribution in [1.82, 2.24) is 5.32 Å². The van der Waals surface area contributed by atoms with Crippen LogP contribution in [0.5, 0.6) is 5.75 Å². The first-order chi connectivity index (χ1) is 8.71. The molecule has 1 aromatic rings. The van der Waals surface area contributed by atoms with Gasteiger partial charge < -0.3 is 10.1 Å². The number of benzene rings is 1. The van der Waals surface area contributed by atoms with Crippen molar-refractivity contribution in [1.29, 1.82) is 0 Å². The molecule has 96 valence electrons. The summed E-state index contributed by atoms with van der Waals surface area (Å²) in [6.07, 6.45) is 4.63. The Morgan fingerprint density at radius 2 is 2.28 bits per heavy atom. The summed E-state index contributed by atoms with van der Waals surface area (Å²) in [6, 6.07) is 6.99. The van der Waals surface area contributed by atoms with Crippen LogP contribution in [0, 0.1) is 0 Å². The molecule has 0 heterocycles. The Labute approximate surface area is 107 Å². The zero-order chi connectivity index (χ0) is 13.4. The van der Waals surface area contributed by atoms with Gasteiger partial charge in [0.2, 0.25) is 0 Å². The summed E-state index contributed by atoms with van der Waals surface area (Å²) < 4.78 is 5.08. The van der Waals surface area contributed by atoms with Crippen LogP contribution < -0.4 is 10.1 Å². The number of rotatable bonds is 4. The molecule has 0 spiro atoms. The van der Waals surface area contributed by atoms with Crippen molar-refractivity contribution < 1.29 is 9.53 Å². The molecule has 1 N–H and O–H groups in total. The molecule has 1 rings (SSSR count). The van der Waals surface area contributed by atoms with E-state index in [0.29, 0.717) is 17.1 Å². The lowest BCUT2D eigenvalue weighted by Gasteiger charge is -2.06. The zero-order valence-corrected chi connectivity index (χ0v) is 10.9. The van der Waals surface area contributed by atoms with Crippen LogP contribution in [0.4, 0.5) is 0 Å². The minimum Gasteiger partial charge on any atom is -0.497 e. The SMILES string of the molecule is CC/C=C\C(=NC)NC(=O)c1cccc(OC)c1. The Morgan fingerprint density at radius 1 is 1.50 bits per heavy atom. The lowest BCUT2D eigenvalue weighted by Crippen LogP contribution is -2.29. The highest BCUT2D eigenvalue weighted by Crippen LogP contribution is 2.12. The largest absolute Gasteiger partial charge is 0.497 e. The predicted molar refractivity (Wildman–Crippen MR) is 73.3 cm³/mol. The van der Waals surface area contributed by atoms with Crippen LogP contribution >= 0.6 is 0 Å². The van der Waals surface area contributed by atoms with E-state index in [0.717, 1.165) is 6.42 Å². The van der Waals surface area contributed by atoms with Crippen molar-refractivity contribution in [3.63, 3.8) is 0 Å². The summed E-state index contributed by atoms with van der Waals surface area (Å²) in [4.78, 5) is 16.0. The summed E-state index contributed by atoms with van der Waals surface area (Å²) in [5, 5.41) is 2.74. The average molecular weight is 246 g/mol. The Morgan fingerprint density at radius 3 is 2.89 bits per heavy atom. The van der Waals surface area contributed by atoms with E-state index in [4.69, 9.17) is 4.74 Å². The number of amidine groups is 1. The van der Waals surface area contributed by atoms with E-state index in [9.17, 15) is 4.79 Å². The molecular weight excluding hydrogens is 228 g/mol. The van der Waals surface area contributed by atoms with E-state index in [-0.39, 0.29) is 5.91 Å². The van der Waals surface area contributed by atoms with Gasteiger partial charge in [0.1, 0.15) is 11.6 Å². The fraction of sp³-hybridized carbons (Fsp3) is 0.286. The van der Waals surface area contributed by atoms with E-state index < -0.39 is 0 Å². The second kappa shape index (κ2) is 7.27. The second-order valence-corrected chi connectivity index (χ2v) is 3.61. The van der Waals surface area contributed by atoms with Crippen LogP contribution in [0.2, 0.25) is 0 Å². The summed E-state index contributed by atoms with van der Waals surface area (Å²) in [5.41, 5.74) is 0.542. The van der Waals surface area contributed by atoms with Crippen molar-refractivity contribution in [2.45, 2.75) is 13.3 Å². The maximum atomic E-state index is 12.0. The van der Waals surface area contributed by atoms with E-state index in [1.165, 1.54) is 0 Å². The van der Waals surface area contributed by atoms with Gasteiger partial charge in [-0.05, 0) is 30.7 Å². The average Bonchev–Trinajstić information content (AvgIpc) is 2.43. The highest BCUT2D eigenvalue weighted by molar-refractivity contribution is 6.10. The molecule has 4 heteroatoms. The van der Waals surface area contributed by atoms with Crippen LogP contribution in [0.1, 0.15) is 23.7 Å². The number of nitrogens with zero attached hydrogens (tertiary/aromatic N) is 1. The first-order valence-electron chi connectivity index (χ1n) is 5.80. The van der Waals surface area contributed by atoms with E-state index >= 15 is 0 Å². The Bertz CT molecular complexity index is 465. The molecule has 0 radical (unpaired) electrons. The number of nitrogens with one attached hydrogen (secondary N) is 1. The summed E-state index contributed by atoms with van der Waals surface area (Å²) in [5.74, 6) is 1.00. The van der Waals surface area contributed by atoms with Gasteiger partial charge in [0.15, 0.2) is 0 Å². The van der Waals surface area contributed by atoms with E-state index in [2.05, 4.69) is 10.3 Å². The second-order valence-electron chi connectivity index (χ2n) is 3.61. The van der Waals surface area contributed by atoms with Crippen LogP contribution in [0.25, 0.3) is 0 Å². The molecule has 4 nitrogen and oxygen atoms in total. The fourth-order valence-corrected chi connectivity index (χ4v) is 1.35. The quantitative estimate of drug-likeness (QED) is 0.655. The van der Waals surface area contributed by atoms with Crippen molar-refractivity contribution in [2.75, 3.05) is 14.2 Å². The third-order valence-electron chi connectivity index (χ3n) is 2.33. The smallest absolute Gasteiger partial charge is 0.256 e. The maximum absolute atomic E-state index is 12.0. The molecule has 1 amide bonds. The molecule has 0 bridgehead atoms. The third kappa shape index (κ3) is 4.05. The van der Waals surface area contributed by atoms with E-state index in [1.54, 1.807) is 44.5 Å². The topological polar surface area (TPSA) is 50.7 Å². The number of carbonyl (C=O) groups excluding carboxylic acids is 1. The van der Waals surface area contributed by atoms with E-state index in [1.807, 2.05) is 13.0 Å². The maximum Gasteiger partial charge on any atom is 0.256 e. The first kappa shape index (κ1) is 14.0. The number of allylic oxidation sites excluding steroid dienone is 1. The van der Waals surface area contributed by atoms with Crippen LogP contribution in [0.3, 0.4) is 0 Å². The monoisotopic (exact) mass is 246 g/mol. The molecule has 0 aromatic heterocycles. The van der Waals surface area contributed by atoms with Gasteiger partial charge in [-0.15, -0.1) is 0 Å². The highest BCUT2D eigenvalue weighted by atomic mass is 16.5. The number of methoxy groups -OCH3 is 1. The van der Waals surface area contributed by atoms with Gasteiger partial charge in [-0.2, -0.15) is 0 Å². The number of amides is 1. The number of ether oxygens (including phenoxy) is 1. The lowest BCUT2D eigenvalue weighted by molar-refractivity contribution is 0.0977. The number of aliphatic imine (C=N–C) groups is 1. The molecule has 0 aliphatic heterocycles. The Balaban J connectivity index is 2.78.